The first-order chi connectivity index (χ1) is 12.0. The van der Waals surface area contributed by atoms with Gasteiger partial charge in [0.15, 0.2) is 6.10 Å². The third kappa shape index (κ3) is 5.48. The van der Waals surface area contributed by atoms with Gasteiger partial charge in [-0.25, -0.2) is 4.79 Å². The van der Waals surface area contributed by atoms with Crippen molar-refractivity contribution >= 4 is 23.6 Å². The van der Waals surface area contributed by atoms with Gasteiger partial charge in [-0.1, -0.05) is 24.6 Å². The van der Waals surface area contributed by atoms with Crippen molar-refractivity contribution < 1.29 is 19.1 Å². The summed E-state index contributed by atoms with van der Waals surface area (Å²) in [5.74, 6) is -0.569. The van der Waals surface area contributed by atoms with Crippen LogP contribution in [0.1, 0.15) is 38.2 Å². The Morgan fingerprint density at radius 2 is 2.00 bits per heavy atom. The molecule has 0 bridgehead atoms. The number of nitrogens with zero attached hydrogens (tertiary/aromatic N) is 1. The zero-order valence-electron chi connectivity index (χ0n) is 14.5. The highest BCUT2D eigenvalue weighted by molar-refractivity contribution is 5.99. The number of amides is 3. The highest BCUT2D eigenvalue weighted by Gasteiger charge is 2.29. The molecule has 1 aliphatic rings. The average Bonchev–Trinajstić information content (AvgIpc) is 3.01. The second-order valence-corrected chi connectivity index (χ2v) is 6.10. The van der Waals surface area contributed by atoms with Crippen LogP contribution in [0, 0.1) is 0 Å². The zero-order valence-corrected chi connectivity index (χ0v) is 14.5. The molecule has 1 aliphatic heterocycles. The molecule has 1 atom stereocenters. The van der Waals surface area contributed by atoms with Gasteiger partial charge in [-0.2, -0.15) is 0 Å². The van der Waals surface area contributed by atoms with E-state index in [1.165, 1.54) is 0 Å². The average molecular weight is 347 g/mol. The minimum atomic E-state index is -0.796. The number of rotatable bonds is 8. The van der Waals surface area contributed by atoms with Crippen molar-refractivity contribution in [1.29, 1.82) is 0 Å². The molecule has 0 fully saturated rings. The van der Waals surface area contributed by atoms with Gasteiger partial charge in [0.25, 0.3) is 5.91 Å². The Morgan fingerprint density at radius 3 is 2.76 bits per heavy atom. The van der Waals surface area contributed by atoms with Gasteiger partial charge in [0.1, 0.15) is 0 Å². The van der Waals surface area contributed by atoms with E-state index in [2.05, 4.69) is 5.32 Å². The maximum Gasteiger partial charge on any atom is 0.312 e. The summed E-state index contributed by atoms with van der Waals surface area (Å²) in [5.41, 5.74) is 7.00. The van der Waals surface area contributed by atoms with Crippen LogP contribution in [0.25, 0.3) is 0 Å². The number of benzene rings is 1. The van der Waals surface area contributed by atoms with Crippen LogP contribution in [-0.4, -0.2) is 37.1 Å². The number of urea groups is 1. The van der Waals surface area contributed by atoms with Gasteiger partial charge in [-0.15, -0.1) is 0 Å². The fourth-order valence-electron chi connectivity index (χ4n) is 2.88. The lowest BCUT2D eigenvalue weighted by molar-refractivity contribution is -0.154. The number of fused-ring (bicyclic) bond motifs is 1. The number of para-hydroxylation sites is 1. The molecular formula is C18H25N3O4. The molecule has 25 heavy (non-hydrogen) atoms. The molecule has 0 radical (unpaired) electrons. The SMILES string of the molecule is C[C@H](OC(=O)CCCCCNC(N)=O)C(=O)N1CCc2ccccc21. The molecule has 3 N–H and O–H groups in total. The Kier molecular flexibility index (Phi) is 6.80. The summed E-state index contributed by atoms with van der Waals surface area (Å²) >= 11 is 0. The molecule has 7 nitrogen and oxygen atoms in total. The van der Waals surface area contributed by atoms with Crippen LogP contribution >= 0.6 is 0 Å². The minimum absolute atomic E-state index is 0.191. The van der Waals surface area contributed by atoms with E-state index in [0.717, 1.165) is 30.5 Å². The first kappa shape index (κ1) is 18.8. The summed E-state index contributed by atoms with van der Waals surface area (Å²) in [6.45, 7) is 2.72. The van der Waals surface area contributed by atoms with Crippen molar-refractivity contribution in [3.63, 3.8) is 0 Å². The van der Waals surface area contributed by atoms with Crippen LogP contribution in [0.15, 0.2) is 24.3 Å². The van der Waals surface area contributed by atoms with Crippen LogP contribution in [0.4, 0.5) is 10.5 Å². The molecule has 0 aromatic heterocycles. The quantitative estimate of drug-likeness (QED) is 0.552. The Hall–Kier alpha value is -2.57. The van der Waals surface area contributed by atoms with Crippen molar-refractivity contribution in [3.8, 4) is 0 Å². The molecule has 1 aromatic carbocycles. The lowest BCUT2D eigenvalue weighted by Gasteiger charge is -2.21. The lowest BCUT2D eigenvalue weighted by atomic mass is 10.2. The number of nitrogens with one attached hydrogen (secondary N) is 1. The van der Waals surface area contributed by atoms with Crippen LogP contribution in [0.2, 0.25) is 0 Å². The van der Waals surface area contributed by atoms with Crippen molar-refractivity contribution in [2.75, 3.05) is 18.0 Å². The summed E-state index contributed by atoms with van der Waals surface area (Å²) in [4.78, 5) is 36.6. The summed E-state index contributed by atoms with van der Waals surface area (Å²) in [6.07, 6.45) is 2.45. The summed E-state index contributed by atoms with van der Waals surface area (Å²) in [5, 5.41) is 2.49. The van der Waals surface area contributed by atoms with E-state index in [0.29, 0.717) is 19.5 Å². The van der Waals surface area contributed by atoms with Crippen molar-refractivity contribution in [2.45, 2.75) is 45.1 Å². The van der Waals surface area contributed by atoms with E-state index >= 15 is 0 Å². The van der Waals surface area contributed by atoms with Crippen LogP contribution in [-0.2, 0) is 20.7 Å². The Labute approximate surface area is 147 Å². The highest BCUT2D eigenvalue weighted by atomic mass is 16.5. The maximum absolute atomic E-state index is 12.5. The predicted octanol–water partition coefficient (Wildman–Crippen LogP) is 1.74. The first-order valence-electron chi connectivity index (χ1n) is 8.61. The molecule has 3 amide bonds. The van der Waals surface area contributed by atoms with E-state index in [1.807, 2.05) is 24.3 Å². The number of ether oxygens (including phenoxy) is 1. The van der Waals surface area contributed by atoms with E-state index in [-0.39, 0.29) is 18.3 Å². The third-order valence-corrected chi connectivity index (χ3v) is 4.17. The minimum Gasteiger partial charge on any atom is -0.453 e. The second-order valence-electron chi connectivity index (χ2n) is 6.10. The van der Waals surface area contributed by atoms with Gasteiger partial charge in [0.05, 0.1) is 0 Å². The lowest BCUT2D eigenvalue weighted by Crippen LogP contribution is -2.39. The van der Waals surface area contributed by atoms with Gasteiger partial charge in [0, 0.05) is 25.2 Å². The number of carbonyl (C=O) groups is 3. The molecular weight excluding hydrogens is 322 g/mol. The number of hydrogen-bond donors (Lipinski definition) is 2. The van der Waals surface area contributed by atoms with Crippen LogP contribution < -0.4 is 16.0 Å². The third-order valence-electron chi connectivity index (χ3n) is 4.17. The van der Waals surface area contributed by atoms with Crippen molar-refractivity contribution in [2.24, 2.45) is 5.73 Å². The molecule has 1 heterocycles. The van der Waals surface area contributed by atoms with Gasteiger partial charge in [-0.3, -0.25) is 9.59 Å². The van der Waals surface area contributed by atoms with Crippen molar-refractivity contribution in [1.82, 2.24) is 5.32 Å². The summed E-state index contributed by atoms with van der Waals surface area (Å²) < 4.78 is 5.26. The molecule has 136 valence electrons. The fraction of sp³-hybridized carbons (Fsp3) is 0.500. The maximum atomic E-state index is 12.5. The van der Waals surface area contributed by atoms with E-state index in [9.17, 15) is 14.4 Å². The summed E-state index contributed by atoms with van der Waals surface area (Å²) in [6, 6.07) is 7.22. The van der Waals surface area contributed by atoms with Gasteiger partial charge >= 0.3 is 12.0 Å². The molecule has 2 rings (SSSR count). The van der Waals surface area contributed by atoms with Gasteiger partial charge in [0.2, 0.25) is 0 Å². The zero-order chi connectivity index (χ0) is 18.2. The molecule has 1 aromatic rings. The normalized spacial score (nSPS) is 13.9. The predicted molar refractivity (Wildman–Crippen MR) is 94.1 cm³/mol. The van der Waals surface area contributed by atoms with E-state index < -0.39 is 12.1 Å². The molecule has 0 spiro atoms. The topological polar surface area (TPSA) is 102 Å². The van der Waals surface area contributed by atoms with Crippen LogP contribution in [0.3, 0.4) is 0 Å². The molecule has 0 aliphatic carbocycles. The number of esters is 1. The Bertz CT molecular complexity index is 633. The smallest absolute Gasteiger partial charge is 0.312 e. The number of carbonyl (C=O) groups excluding carboxylic acids is 3. The Morgan fingerprint density at radius 1 is 1.24 bits per heavy atom. The summed E-state index contributed by atoms with van der Waals surface area (Å²) in [7, 11) is 0. The molecule has 0 saturated heterocycles. The fourth-order valence-corrected chi connectivity index (χ4v) is 2.88. The van der Waals surface area contributed by atoms with Gasteiger partial charge < -0.3 is 20.7 Å². The van der Waals surface area contributed by atoms with E-state index in [1.54, 1.807) is 11.8 Å². The van der Waals surface area contributed by atoms with E-state index in [4.69, 9.17) is 10.5 Å². The standard InChI is InChI=1S/C18H25N3O4/c1-13(25-16(22)9-3-2-6-11-20-18(19)24)17(23)21-12-10-14-7-4-5-8-15(14)21/h4-5,7-8,13H,2-3,6,9-12H2,1H3,(H3,19,20,24)/t13-/m0/s1. The largest absolute Gasteiger partial charge is 0.453 e. The number of nitrogens with two attached hydrogens (primary N) is 1. The first-order valence-corrected chi connectivity index (χ1v) is 8.61. The van der Waals surface area contributed by atoms with Crippen LogP contribution in [0.5, 0.6) is 0 Å². The number of primary amides is 1. The molecule has 0 unspecified atom stereocenters. The monoisotopic (exact) mass is 347 g/mol. The second kappa shape index (κ2) is 9.05. The number of unbranched alkanes of at least 4 members (excludes halogenated alkanes) is 2. The molecule has 0 saturated carbocycles. The Balaban J connectivity index is 1.71. The number of hydrogen-bond acceptors (Lipinski definition) is 4. The highest BCUT2D eigenvalue weighted by Crippen LogP contribution is 2.28. The van der Waals surface area contributed by atoms with Gasteiger partial charge in [-0.05, 0) is 37.8 Å². The molecule has 7 heteroatoms. The number of anilines is 1. The van der Waals surface area contributed by atoms with Crippen molar-refractivity contribution in [3.05, 3.63) is 29.8 Å².